The SMILES string of the molecule is Cc1ccc(C)c(NC(=O)CN(CCC(=O)NC(CC(N)=O)C(=O)O)C2CC2)c1. The Morgan fingerprint density at radius 1 is 1.21 bits per heavy atom. The Kier molecular flexibility index (Phi) is 7.72. The van der Waals surface area contributed by atoms with Crippen LogP contribution in [0.5, 0.6) is 0 Å². The van der Waals surface area contributed by atoms with Crippen molar-refractivity contribution in [2.45, 2.75) is 51.6 Å². The maximum atomic E-state index is 12.5. The summed E-state index contributed by atoms with van der Waals surface area (Å²) in [7, 11) is 0. The summed E-state index contributed by atoms with van der Waals surface area (Å²) in [5, 5.41) is 14.3. The number of carboxylic acid groups (broad SMARTS) is 1. The normalized spacial score (nSPS) is 14.3. The van der Waals surface area contributed by atoms with Gasteiger partial charge in [-0.2, -0.15) is 0 Å². The van der Waals surface area contributed by atoms with E-state index in [0.29, 0.717) is 6.54 Å². The predicted octanol–water partition coefficient (Wildman–Crippen LogP) is 0.541. The number of carbonyl (C=O) groups excluding carboxylic acids is 3. The summed E-state index contributed by atoms with van der Waals surface area (Å²) < 4.78 is 0. The molecule has 1 aliphatic rings. The van der Waals surface area contributed by atoms with Gasteiger partial charge in [0.25, 0.3) is 0 Å². The molecule has 0 aromatic heterocycles. The number of primary amides is 1. The van der Waals surface area contributed by atoms with Crippen LogP contribution in [0.3, 0.4) is 0 Å². The third kappa shape index (κ3) is 7.53. The maximum Gasteiger partial charge on any atom is 0.326 e. The molecule has 158 valence electrons. The highest BCUT2D eigenvalue weighted by atomic mass is 16.4. The van der Waals surface area contributed by atoms with Crippen molar-refractivity contribution in [1.82, 2.24) is 10.2 Å². The third-order valence-electron chi connectivity index (χ3n) is 4.74. The van der Waals surface area contributed by atoms with Crippen LogP contribution in [-0.4, -0.2) is 58.9 Å². The van der Waals surface area contributed by atoms with Gasteiger partial charge in [-0.15, -0.1) is 0 Å². The van der Waals surface area contributed by atoms with Crippen molar-refractivity contribution in [3.05, 3.63) is 29.3 Å². The average Bonchev–Trinajstić information content (AvgIpc) is 3.45. The molecule has 9 nitrogen and oxygen atoms in total. The van der Waals surface area contributed by atoms with Crippen molar-refractivity contribution < 1.29 is 24.3 Å². The lowest BCUT2D eigenvalue weighted by molar-refractivity contribution is -0.143. The highest BCUT2D eigenvalue weighted by Crippen LogP contribution is 2.27. The first-order valence-electron chi connectivity index (χ1n) is 9.57. The lowest BCUT2D eigenvalue weighted by Gasteiger charge is -2.22. The Hall–Kier alpha value is -2.94. The van der Waals surface area contributed by atoms with Crippen LogP contribution < -0.4 is 16.4 Å². The molecular weight excluding hydrogens is 376 g/mol. The van der Waals surface area contributed by atoms with Crippen molar-refractivity contribution in [3.63, 3.8) is 0 Å². The van der Waals surface area contributed by atoms with Gasteiger partial charge in [0.05, 0.1) is 13.0 Å². The van der Waals surface area contributed by atoms with Crippen LogP contribution in [0.15, 0.2) is 18.2 Å². The van der Waals surface area contributed by atoms with Gasteiger partial charge < -0.3 is 21.5 Å². The van der Waals surface area contributed by atoms with Crippen LogP contribution in [0.1, 0.15) is 36.8 Å². The summed E-state index contributed by atoms with van der Waals surface area (Å²) in [6.45, 7) is 4.34. The molecule has 2 rings (SSSR count). The Labute approximate surface area is 169 Å². The highest BCUT2D eigenvalue weighted by molar-refractivity contribution is 5.93. The molecule has 29 heavy (non-hydrogen) atoms. The Morgan fingerprint density at radius 2 is 1.90 bits per heavy atom. The van der Waals surface area contributed by atoms with Gasteiger partial charge in [0.1, 0.15) is 6.04 Å². The number of carboxylic acids is 1. The number of aliphatic carboxylic acids is 1. The van der Waals surface area contributed by atoms with Gasteiger partial charge in [0, 0.05) is 24.7 Å². The summed E-state index contributed by atoms with van der Waals surface area (Å²) in [5.41, 5.74) is 7.79. The number of nitrogens with one attached hydrogen (secondary N) is 2. The van der Waals surface area contributed by atoms with E-state index in [1.165, 1.54) is 0 Å². The highest BCUT2D eigenvalue weighted by Gasteiger charge is 2.31. The van der Waals surface area contributed by atoms with Crippen molar-refractivity contribution >= 4 is 29.4 Å². The van der Waals surface area contributed by atoms with E-state index < -0.39 is 30.2 Å². The van der Waals surface area contributed by atoms with E-state index in [9.17, 15) is 19.2 Å². The quantitative estimate of drug-likeness (QED) is 0.424. The zero-order chi connectivity index (χ0) is 21.6. The zero-order valence-corrected chi connectivity index (χ0v) is 16.7. The number of hydrogen-bond acceptors (Lipinski definition) is 5. The molecule has 9 heteroatoms. The van der Waals surface area contributed by atoms with E-state index in [2.05, 4.69) is 10.6 Å². The molecule has 1 aromatic carbocycles. The maximum absolute atomic E-state index is 12.5. The summed E-state index contributed by atoms with van der Waals surface area (Å²) in [6, 6.07) is 4.73. The van der Waals surface area contributed by atoms with Gasteiger partial charge in [0.2, 0.25) is 17.7 Å². The van der Waals surface area contributed by atoms with Crippen molar-refractivity contribution in [2.75, 3.05) is 18.4 Å². The first-order valence-corrected chi connectivity index (χ1v) is 9.57. The molecule has 1 aromatic rings. The van der Waals surface area contributed by atoms with Gasteiger partial charge in [-0.3, -0.25) is 19.3 Å². The number of aryl methyl sites for hydroxylation is 2. The minimum atomic E-state index is -1.35. The van der Waals surface area contributed by atoms with Gasteiger partial charge in [0.15, 0.2) is 0 Å². The summed E-state index contributed by atoms with van der Waals surface area (Å²) in [5.74, 6) is -2.79. The molecule has 1 aliphatic carbocycles. The molecule has 1 atom stereocenters. The molecule has 5 N–H and O–H groups in total. The predicted molar refractivity (Wildman–Crippen MR) is 107 cm³/mol. The topological polar surface area (TPSA) is 142 Å². The molecule has 1 unspecified atom stereocenters. The Morgan fingerprint density at radius 3 is 2.48 bits per heavy atom. The number of rotatable bonds is 11. The molecule has 0 spiro atoms. The van der Waals surface area contributed by atoms with Crippen LogP contribution in [0.25, 0.3) is 0 Å². The molecule has 0 radical (unpaired) electrons. The molecule has 0 aliphatic heterocycles. The second-order valence-electron chi connectivity index (χ2n) is 7.45. The van der Waals surface area contributed by atoms with E-state index in [4.69, 9.17) is 10.8 Å². The minimum absolute atomic E-state index is 0.0236. The van der Waals surface area contributed by atoms with E-state index in [0.717, 1.165) is 29.7 Å². The Bertz CT molecular complexity index is 791. The molecule has 1 fully saturated rings. The van der Waals surface area contributed by atoms with Crippen LogP contribution in [-0.2, 0) is 19.2 Å². The number of anilines is 1. The lowest BCUT2D eigenvalue weighted by Crippen LogP contribution is -2.44. The van der Waals surface area contributed by atoms with Gasteiger partial charge in [-0.1, -0.05) is 12.1 Å². The lowest BCUT2D eigenvalue weighted by atomic mass is 10.1. The first-order chi connectivity index (χ1) is 13.7. The first kappa shape index (κ1) is 22.4. The number of nitrogens with zero attached hydrogens (tertiary/aromatic N) is 1. The van der Waals surface area contributed by atoms with Crippen LogP contribution in [0, 0.1) is 13.8 Å². The third-order valence-corrected chi connectivity index (χ3v) is 4.74. The molecule has 1 saturated carbocycles. The van der Waals surface area contributed by atoms with Crippen LogP contribution in [0.2, 0.25) is 0 Å². The van der Waals surface area contributed by atoms with Gasteiger partial charge in [-0.25, -0.2) is 4.79 Å². The number of benzene rings is 1. The molecule has 0 bridgehead atoms. The number of amides is 3. The van der Waals surface area contributed by atoms with Crippen LogP contribution >= 0.6 is 0 Å². The molecule has 3 amide bonds. The molecule has 0 heterocycles. The fraction of sp³-hybridized carbons (Fsp3) is 0.500. The van der Waals surface area contributed by atoms with Crippen molar-refractivity contribution in [1.29, 1.82) is 0 Å². The van der Waals surface area contributed by atoms with Gasteiger partial charge >= 0.3 is 5.97 Å². The minimum Gasteiger partial charge on any atom is -0.480 e. The van der Waals surface area contributed by atoms with E-state index >= 15 is 0 Å². The van der Waals surface area contributed by atoms with E-state index in [-0.39, 0.29) is 24.9 Å². The zero-order valence-electron chi connectivity index (χ0n) is 16.7. The van der Waals surface area contributed by atoms with Crippen LogP contribution in [0.4, 0.5) is 5.69 Å². The fourth-order valence-corrected chi connectivity index (χ4v) is 2.99. The molecular formula is C20H28N4O5. The standard InChI is InChI=1S/C20H28N4O5/c1-12-3-4-13(2)15(9-12)22-19(27)11-24(14-5-6-14)8-7-18(26)23-16(20(28)29)10-17(21)25/h3-4,9,14,16H,5-8,10-11H2,1-2H3,(H2,21,25)(H,22,27)(H,23,26)(H,28,29). The van der Waals surface area contributed by atoms with Gasteiger partial charge in [-0.05, 0) is 43.9 Å². The van der Waals surface area contributed by atoms with E-state index in [1.54, 1.807) is 0 Å². The largest absolute Gasteiger partial charge is 0.480 e. The average molecular weight is 404 g/mol. The van der Waals surface area contributed by atoms with Crippen molar-refractivity contribution in [3.8, 4) is 0 Å². The second-order valence-corrected chi connectivity index (χ2v) is 7.45. The second kappa shape index (κ2) is 10.0. The number of nitrogens with two attached hydrogens (primary N) is 1. The summed E-state index contributed by atoms with van der Waals surface area (Å²) >= 11 is 0. The molecule has 0 saturated heterocycles. The summed E-state index contributed by atoms with van der Waals surface area (Å²) in [4.78, 5) is 48.5. The van der Waals surface area contributed by atoms with E-state index in [1.807, 2.05) is 36.9 Å². The Balaban J connectivity index is 1.87. The fourth-order valence-electron chi connectivity index (χ4n) is 2.99. The monoisotopic (exact) mass is 404 g/mol. The summed E-state index contributed by atoms with van der Waals surface area (Å²) in [6.07, 6.45) is 1.47. The number of hydrogen-bond donors (Lipinski definition) is 4. The van der Waals surface area contributed by atoms with Crippen molar-refractivity contribution in [2.24, 2.45) is 5.73 Å². The smallest absolute Gasteiger partial charge is 0.326 e. The number of carbonyl (C=O) groups is 4.